The summed E-state index contributed by atoms with van der Waals surface area (Å²) in [6.45, 7) is 3.21. The molecule has 0 aliphatic carbocycles. The van der Waals surface area contributed by atoms with Crippen molar-refractivity contribution in [1.82, 2.24) is 10.6 Å². The molecule has 0 atom stereocenters. The van der Waals surface area contributed by atoms with E-state index in [2.05, 4.69) is 10.6 Å². The highest BCUT2D eigenvalue weighted by molar-refractivity contribution is 7.09. The van der Waals surface area contributed by atoms with Gasteiger partial charge in [0.2, 0.25) is 0 Å². The fourth-order valence-electron chi connectivity index (χ4n) is 2.18. The molecule has 2 aromatic rings. The third kappa shape index (κ3) is 8.03. The second-order valence-corrected chi connectivity index (χ2v) is 6.55. The van der Waals surface area contributed by atoms with Crippen molar-refractivity contribution in [3.63, 3.8) is 0 Å². The van der Waals surface area contributed by atoms with Gasteiger partial charge in [-0.3, -0.25) is 0 Å². The molecule has 0 unspecified atom stereocenters. The van der Waals surface area contributed by atoms with Crippen LogP contribution in [0.25, 0.3) is 0 Å². The van der Waals surface area contributed by atoms with Crippen molar-refractivity contribution in [2.45, 2.75) is 19.6 Å². The molecule has 1 aromatic heterocycles. The van der Waals surface area contributed by atoms with E-state index in [-0.39, 0.29) is 24.8 Å². The maximum atomic E-state index is 6.38. The van der Waals surface area contributed by atoms with E-state index in [1.54, 1.807) is 18.4 Å². The number of benzene rings is 1. The first-order valence-corrected chi connectivity index (χ1v) is 8.87. The topological polar surface area (TPSA) is 42.5 Å². The lowest BCUT2D eigenvalue weighted by Gasteiger charge is -2.14. The Morgan fingerprint density at radius 1 is 1.20 bits per heavy atom. The highest BCUT2D eigenvalue weighted by atomic mass is 35.5. The molecule has 0 aliphatic heterocycles. The van der Waals surface area contributed by atoms with Gasteiger partial charge in [0, 0.05) is 11.4 Å². The van der Waals surface area contributed by atoms with Gasteiger partial charge in [0.05, 0.1) is 12.1 Å². The SMILES string of the molecule is CNCCCNCc1cc(Cl)c(OCc2cccs2)c(OC)c1.Cl.Cl. The zero-order valence-corrected chi connectivity index (χ0v) is 17.5. The van der Waals surface area contributed by atoms with Crippen LogP contribution in [0.5, 0.6) is 11.5 Å². The molecule has 0 radical (unpaired) electrons. The van der Waals surface area contributed by atoms with Crippen LogP contribution in [-0.2, 0) is 13.2 Å². The average molecular weight is 428 g/mol. The molecule has 0 saturated carbocycles. The van der Waals surface area contributed by atoms with Crippen LogP contribution in [0.3, 0.4) is 0 Å². The van der Waals surface area contributed by atoms with Crippen LogP contribution in [-0.4, -0.2) is 27.2 Å². The average Bonchev–Trinajstić information content (AvgIpc) is 3.06. The van der Waals surface area contributed by atoms with Crippen LogP contribution in [0.1, 0.15) is 16.9 Å². The van der Waals surface area contributed by atoms with Gasteiger partial charge < -0.3 is 20.1 Å². The number of hydrogen-bond acceptors (Lipinski definition) is 5. The first kappa shape index (κ1) is 24.3. The number of nitrogens with one attached hydrogen (secondary N) is 2. The van der Waals surface area contributed by atoms with Crippen LogP contribution in [0.4, 0.5) is 0 Å². The number of thiophene rings is 1. The normalized spacial score (nSPS) is 9.88. The fraction of sp³-hybridized carbons (Fsp3) is 0.412. The molecule has 0 aliphatic rings. The van der Waals surface area contributed by atoms with Crippen molar-refractivity contribution in [3.05, 3.63) is 45.1 Å². The predicted molar refractivity (Wildman–Crippen MR) is 111 cm³/mol. The Bertz CT molecular complexity index is 598. The van der Waals surface area contributed by atoms with E-state index in [9.17, 15) is 0 Å². The first-order chi connectivity index (χ1) is 11.2. The highest BCUT2D eigenvalue weighted by Gasteiger charge is 2.12. The van der Waals surface area contributed by atoms with Crippen LogP contribution < -0.4 is 20.1 Å². The maximum absolute atomic E-state index is 6.38. The van der Waals surface area contributed by atoms with E-state index < -0.39 is 0 Å². The van der Waals surface area contributed by atoms with E-state index in [0.717, 1.165) is 36.5 Å². The Kier molecular flexibility index (Phi) is 13.1. The minimum Gasteiger partial charge on any atom is -0.493 e. The Morgan fingerprint density at radius 3 is 2.64 bits per heavy atom. The number of halogens is 3. The molecule has 0 spiro atoms. The Balaban J connectivity index is 0.00000288. The molecule has 1 aromatic carbocycles. The summed E-state index contributed by atoms with van der Waals surface area (Å²) in [4.78, 5) is 1.15. The molecule has 2 N–H and O–H groups in total. The fourth-order valence-corrected chi connectivity index (χ4v) is 3.08. The number of ether oxygens (including phenoxy) is 2. The summed E-state index contributed by atoms with van der Waals surface area (Å²) in [5, 5.41) is 9.13. The Morgan fingerprint density at radius 2 is 2.00 bits per heavy atom. The van der Waals surface area contributed by atoms with Crippen molar-refractivity contribution in [2.24, 2.45) is 0 Å². The van der Waals surface area contributed by atoms with Gasteiger partial charge in [-0.05, 0) is 55.7 Å². The monoisotopic (exact) mass is 426 g/mol. The van der Waals surface area contributed by atoms with Gasteiger partial charge in [-0.2, -0.15) is 0 Å². The Hall–Kier alpha value is -0.690. The molecule has 2 rings (SSSR count). The summed E-state index contributed by atoms with van der Waals surface area (Å²) in [6.07, 6.45) is 1.09. The zero-order chi connectivity index (χ0) is 16.5. The minimum atomic E-state index is 0. The van der Waals surface area contributed by atoms with Gasteiger partial charge in [0.1, 0.15) is 6.61 Å². The van der Waals surface area contributed by atoms with E-state index in [1.165, 1.54) is 0 Å². The molecule has 0 saturated heterocycles. The quantitative estimate of drug-likeness (QED) is 0.547. The van der Waals surface area contributed by atoms with E-state index in [0.29, 0.717) is 23.1 Å². The first-order valence-electron chi connectivity index (χ1n) is 7.61. The largest absolute Gasteiger partial charge is 0.493 e. The molecular weight excluding hydrogens is 403 g/mol. The van der Waals surface area contributed by atoms with Gasteiger partial charge in [0.25, 0.3) is 0 Å². The summed E-state index contributed by atoms with van der Waals surface area (Å²) < 4.78 is 11.3. The van der Waals surface area contributed by atoms with Gasteiger partial charge in [-0.15, -0.1) is 36.2 Å². The second-order valence-electron chi connectivity index (χ2n) is 5.11. The van der Waals surface area contributed by atoms with Gasteiger partial charge >= 0.3 is 0 Å². The molecule has 25 heavy (non-hydrogen) atoms. The van der Waals surface area contributed by atoms with Crippen molar-refractivity contribution >= 4 is 47.8 Å². The summed E-state index contributed by atoms with van der Waals surface area (Å²) >= 11 is 8.03. The van der Waals surface area contributed by atoms with Crippen molar-refractivity contribution in [1.29, 1.82) is 0 Å². The molecule has 142 valence electrons. The molecule has 0 bridgehead atoms. The number of methoxy groups -OCH3 is 1. The lowest BCUT2D eigenvalue weighted by Crippen LogP contribution is -2.19. The third-order valence-electron chi connectivity index (χ3n) is 3.34. The summed E-state index contributed by atoms with van der Waals surface area (Å²) in [6, 6.07) is 7.94. The highest BCUT2D eigenvalue weighted by Crippen LogP contribution is 2.37. The summed E-state index contributed by atoms with van der Waals surface area (Å²) in [5.41, 5.74) is 1.08. The predicted octanol–water partition coefficient (Wildman–Crippen LogP) is 4.53. The summed E-state index contributed by atoms with van der Waals surface area (Å²) in [5.74, 6) is 1.27. The van der Waals surface area contributed by atoms with E-state index in [1.807, 2.05) is 36.7 Å². The van der Waals surface area contributed by atoms with Gasteiger partial charge in [-0.1, -0.05) is 17.7 Å². The molecule has 8 heteroatoms. The number of rotatable bonds is 10. The zero-order valence-electron chi connectivity index (χ0n) is 14.3. The van der Waals surface area contributed by atoms with Gasteiger partial charge in [-0.25, -0.2) is 0 Å². The van der Waals surface area contributed by atoms with Crippen molar-refractivity contribution in [3.8, 4) is 11.5 Å². The minimum absolute atomic E-state index is 0. The second kappa shape index (κ2) is 13.5. The van der Waals surface area contributed by atoms with Crippen LogP contribution in [0, 0.1) is 0 Å². The molecule has 0 fully saturated rings. The van der Waals surface area contributed by atoms with Crippen LogP contribution in [0.2, 0.25) is 5.02 Å². The van der Waals surface area contributed by atoms with Gasteiger partial charge in [0.15, 0.2) is 11.5 Å². The Labute approximate surface area is 171 Å². The smallest absolute Gasteiger partial charge is 0.180 e. The molecule has 0 amide bonds. The molecular formula is C17H25Cl3N2O2S. The maximum Gasteiger partial charge on any atom is 0.180 e. The number of hydrogen-bond donors (Lipinski definition) is 2. The van der Waals surface area contributed by atoms with Crippen LogP contribution in [0.15, 0.2) is 29.6 Å². The lowest BCUT2D eigenvalue weighted by molar-refractivity contribution is 0.287. The van der Waals surface area contributed by atoms with E-state index in [4.69, 9.17) is 21.1 Å². The lowest BCUT2D eigenvalue weighted by atomic mass is 10.2. The molecule has 4 nitrogen and oxygen atoms in total. The standard InChI is InChI=1S/C17H23ClN2O2S.2ClH/c1-19-6-4-7-20-11-13-9-15(18)17(16(10-13)21-2)22-12-14-5-3-8-23-14;;/h3,5,8-10,19-20H,4,6-7,11-12H2,1-2H3;2*1H. The van der Waals surface area contributed by atoms with Crippen LogP contribution >= 0.6 is 47.8 Å². The van der Waals surface area contributed by atoms with E-state index >= 15 is 0 Å². The third-order valence-corrected chi connectivity index (χ3v) is 4.47. The summed E-state index contributed by atoms with van der Waals surface area (Å²) in [7, 11) is 3.59. The molecule has 1 heterocycles. The van der Waals surface area contributed by atoms with Crippen molar-refractivity contribution in [2.75, 3.05) is 27.2 Å². The van der Waals surface area contributed by atoms with Crippen molar-refractivity contribution < 1.29 is 9.47 Å².